The Bertz CT molecular complexity index is 826. The molecule has 5 nitrogen and oxygen atoms in total. The molecule has 0 bridgehead atoms. The third kappa shape index (κ3) is 4.83. The molecule has 0 amide bonds. The number of aromatic nitrogens is 3. The van der Waals surface area contributed by atoms with Gasteiger partial charge in [0.2, 0.25) is 5.89 Å². The van der Waals surface area contributed by atoms with E-state index in [1.807, 2.05) is 56.3 Å². The van der Waals surface area contributed by atoms with Crippen LogP contribution in [0.1, 0.15) is 47.9 Å². The number of nitrogens with zero attached hydrogens (tertiary/aromatic N) is 3. The summed E-state index contributed by atoms with van der Waals surface area (Å²) < 4.78 is 5.37. The van der Waals surface area contributed by atoms with Crippen LogP contribution in [0.3, 0.4) is 0 Å². The Morgan fingerprint density at radius 3 is 2.64 bits per heavy atom. The van der Waals surface area contributed by atoms with Crippen molar-refractivity contribution in [2.75, 3.05) is 0 Å². The third-order valence-corrected chi connectivity index (χ3v) is 3.96. The van der Waals surface area contributed by atoms with Crippen molar-refractivity contribution in [2.24, 2.45) is 5.41 Å². The summed E-state index contributed by atoms with van der Waals surface area (Å²) >= 11 is 0. The quantitative estimate of drug-likeness (QED) is 0.613. The van der Waals surface area contributed by atoms with Gasteiger partial charge in [-0.05, 0) is 17.0 Å². The molecule has 0 aliphatic heterocycles. The highest BCUT2D eigenvalue weighted by molar-refractivity contribution is 5.96. The van der Waals surface area contributed by atoms with Crippen LogP contribution in [0.2, 0.25) is 0 Å². The molecule has 3 aromatic rings. The normalized spacial score (nSPS) is 11.4. The van der Waals surface area contributed by atoms with Crippen LogP contribution in [0.25, 0.3) is 0 Å². The van der Waals surface area contributed by atoms with Crippen LogP contribution in [0.15, 0.2) is 59.4 Å². The number of carbonyl (C=O) groups excluding carboxylic acids is 1. The predicted octanol–water partition coefficient (Wildman–Crippen LogP) is 3.90. The van der Waals surface area contributed by atoms with Crippen LogP contribution in [0, 0.1) is 5.41 Å². The van der Waals surface area contributed by atoms with Crippen LogP contribution < -0.4 is 0 Å². The Labute approximate surface area is 147 Å². The van der Waals surface area contributed by atoms with Crippen LogP contribution in [-0.4, -0.2) is 20.9 Å². The molecule has 0 aliphatic rings. The van der Waals surface area contributed by atoms with Gasteiger partial charge < -0.3 is 4.52 Å². The average molecular weight is 335 g/mol. The van der Waals surface area contributed by atoms with Gasteiger partial charge in [-0.1, -0.05) is 55.4 Å². The van der Waals surface area contributed by atoms with Crippen molar-refractivity contribution in [3.63, 3.8) is 0 Å². The molecule has 0 saturated heterocycles. The number of carbonyl (C=O) groups is 1. The van der Waals surface area contributed by atoms with E-state index in [1.165, 1.54) is 0 Å². The highest BCUT2D eigenvalue weighted by atomic mass is 16.5. The zero-order valence-corrected chi connectivity index (χ0v) is 14.5. The first kappa shape index (κ1) is 17.0. The number of Topliss-reactive ketones (excluding diaryl/α,β-unsaturated/α-hetero) is 1. The molecule has 2 heterocycles. The minimum absolute atomic E-state index is 0.126. The molecule has 0 fully saturated rings. The van der Waals surface area contributed by atoms with E-state index in [1.54, 1.807) is 12.4 Å². The molecule has 1 aromatic carbocycles. The van der Waals surface area contributed by atoms with Crippen LogP contribution in [-0.2, 0) is 12.8 Å². The molecule has 0 aliphatic carbocycles. The number of hydrogen-bond donors (Lipinski definition) is 0. The molecule has 0 spiro atoms. The largest absolute Gasteiger partial charge is 0.339 e. The number of pyridine rings is 1. The number of hydrogen-bond acceptors (Lipinski definition) is 5. The van der Waals surface area contributed by atoms with Crippen molar-refractivity contribution >= 4 is 5.78 Å². The summed E-state index contributed by atoms with van der Waals surface area (Å²) in [7, 11) is 0. The van der Waals surface area contributed by atoms with Crippen molar-refractivity contribution < 1.29 is 9.32 Å². The Kier molecular flexibility index (Phi) is 5.03. The second-order valence-corrected chi connectivity index (χ2v) is 6.95. The van der Waals surface area contributed by atoms with Gasteiger partial charge in [0, 0.05) is 37.2 Å². The predicted molar refractivity (Wildman–Crippen MR) is 94.2 cm³/mol. The zero-order chi connectivity index (χ0) is 17.7. The Morgan fingerprint density at radius 2 is 1.92 bits per heavy atom. The van der Waals surface area contributed by atoms with E-state index >= 15 is 0 Å². The van der Waals surface area contributed by atoms with Crippen molar-refractivity contribution in [3.05, 3.63) is 77.7 Å². The Morgan fingerprint density at radius 1 is 1.12 bits per heavy atom. The van der Waals surface area contributed by atoms with Crippen LogP contribution in [0.4, 0.5) is 0 Å². The maximum atomic E-state index is 12.4. The minimum atomic E-state index is -0.259. The van der Waals surface area contributed by atoms with E-state index in [4.69, 9.17) is 4.52 Å². The fourth-order valence-corrected chi connectivity index (χ4v) is 2.75. The van der Waals surface area contributed by atoms with Crippen LogP contribution in [0.5, 0.6) is 0 Å². The first-order chi connectivity index (χ1) is 12.0. The van der Waals surface area contributed by atoms with E-state index in [0.717, 1.165) is 11.1 Å². The summed E-state index contributed by atoms with van der Waals surface area (Å²) in [5, 5.41) is 4.03. The molecule has 5 heteroatoms. The second-order valence-electron chi connectivity index (χ2n) is 6.95. The van der Waals surface area contributed by atoms with E-state index in [0.29, 0.717) is 31.0 Å². The lowest BCUT2D eigenvalue weighted by atomic mass is 9.82. The fraction of sp³-hybridized carbons (Fsp3) is 0.300. The molecule has 0 N–H and O–H groups in total. The standard InChI is InChI=1S/C20H21N3O2/c1-20(2,12-17(24)16-8-4-3-5-9-16)13-19-22-18(23-25-19)11-15-7-6-10-21-14-15/h3-10,14H,11-13H2,1-2H3. The van der Waals surface area contributed by atoms with E-state index in [-0.39, 0.29) is 11.2 Å². The van der Waals surface area contributed by atoms with Gasteiger partial charge in [-0.25, -0.2) is 0 Å². The summed E-state index contributed by atoms with van der Waals surface area (Å²) in [5.41, 5.74) is 1.51. The summed E-state index contributed by atoms with van der Waals surface area (Å²) in [6.07, 6.45) is 5.10. The number of rotatable bonds is 7. The van der Waals surface area contributed by atoms with Crippen molar-refractivity contribution in [3.8, 4) is 0 Å². The smallest absolute Gasteiger partial charge is 0.227 e. The summed E-state index contributed by atoms with van der Waals surface area (Å²) in [4.78, 5) is 21.0. The van der Waals surface area contributed by atoms with Gasteiger partial charge in [-0.2, -0.15) is 4.98 Å². The SMILES string of the molecule is CC(C)(CC(=O)c1ccccc1)Cc1nc(Cc2cccnc2)no1. The van der Waals surface area contributed by atoms with Crippen LogP contribution >= 0.6 is 0 Å². The maximum Gasteiger partial charge on any atom is 0.227 e. The van der Waals surface area contributed by atoms with Gasteiger partial charge in [0.25, 0.3) is 0 Å². The van der Waals surface area contributed by atoms with Crippen molar-refractivity contribution in [1.82, 2.24) is 15.1 Å². The van der Waals surface area contributed by atoms with Gasteiger partial charge in [-0.15, -0.1) is 0 Å². The molecule has 25 heavy (non-hydrogen) atoms. The molecular weight excluding hydrogens is 314 g/mol. The van der Waals surface area contributed by atoms with E-state index < -0.39 is 0 Å². The summed E-state index contributed by atoms with van der Waals surface area (Å²) in [5.74, 6) is 1.32. The molecule has 3 rings (SSSR count). The number of ketones is 1. The molecular formula is C20H21N3O2. The lowest BCUT2D eigenvalue weighted by Gasteiger charge is -2.21. The van der Waals surface area contributed by atoms with Crippen molar-refractivity contribution in [1.29, 1.82) is 0 Å². The highest BCUT2D eigenvalue weighted by Gasteiger charge is 2.26. The maximum absolute atomic E-state index is 12.4. The minimum Gasteiger partial charge on any atom is -0.339 e. The van der Waals surface area contributed by atoms with Gasteiger partial charge in [0.1, 0.15) is 0 Å². The van der Waals surface area contributed by atoms with E-state index in [9.17, 15) is 4.79 Å². The highest BCUT2D eigenvalue weighted by Crippen LogP contribution is 2.27. The van der Waals surface area contributed by atoms with Gasteiger partial charge in [0.15, 0.2) is 11.6 Å². The average Bonchev–Trinajstić information content (AvgIpc) is 3.02. The monoisotopic (exact) mass is 335 g/mol. The molecule has 2 aromatic heterocycles. The topological polar surface area (TPSA) is 68.9 Å². The second kappa shape index (κ2) is 7.38. The number of benzene rings is 1. The zero-order valence-electron chi connectivity index (χ0n) is 14.5. The molecule has 0 atom stereocenters. The molecule has 128 valence electrons. The Balaban J connectivity index is 1.62. The van der Waals surface area contributed by atoms with Gasteiger partial charge >= 0.3 is 0 Å². The fourth-order valence-electron chi connectivity index (χ4n) is 2.75. The lowest BCUT2D eigenvalue weighted by molar-refractivity contribution is 0.0926. The molecule has 0 saturated carbocycles. The van der Waals surface area contributed by atoms with E-state index in [2.05, 4.69) is 15.1 Å². The van der Waals surface area contributed by atoms with Crippen molar-refractivity contribution in [2.45, 2.75) is 33.1 Å². The molecule has 0 radical (unpaired) electrons. The third-order valence-electron chi connectivity index (χ3n) is 3.96. The Hall–Kier alpha value is -2.82. The summed E-state index contributed by atoms with van der Waals surface area (Å²) in [6, 6.07) is 13.2. The van der Waals surface area contributed by atoms with Gasteiger partial charge in [-0.3, -0.25) is 9.78 Å². The first-order valence-electron chi connectivity index (χ1n) is 8.30. The molecule has 0 unspecified atom stereocenters. The van der Waals surface area contributed by atoms with Gasteiger partial charge in [0.05, 0.1) is 0 Å². The first-order valence-corrected chi connectivity index (χ1v) is 8.30. The summed E-state index contributed by atoms with van der Waals surface area (Å²) in [6.45, 7) is 4.08. The lowest BCUT2D eigenvalue weighted by Crippen LogP contribution is -2.20.